The Morgan fingerprint density at radius 3 is 2.52 bits per heavy atom. The summed E-state index contributed by atoms with van der Waals surface area (Å²) in [5.74, 6) is -0.355. The number of carbonyl (C=O) groups excluding carboxylic acids is 1. The Balaban J connectivity index is 2.31. The summed E-state index contributed by atoms with van der Waals surface area (Å²) < 4.78 is 4.76. The van der Waals surface area contributed by atoms with E-state index in [0.717, 1.165) is 18.8 Å². The number of carbonyl (C=O) groups is 1. The number of anilines is 2. The van der Waals surface area contributed by atoms with E-state index in [4.69, 9.17) is 10.5 Å². The first-order valence-corrected chi connectivity index (χ1v) is 6.92. The lowest BCUT2D eigenvalue weighted by molar-refractivity contribution is 0.0601. The van der Waals surface area contributed by atoms with Crippen LogP contribution in [0.3, 0.4) is 0 Å². The number of nitrogens with two attached hydrogens (primary N) is 1. The van der Waals surface area contributed by atoms with Crippen LogP contribution in [0.4, 0.5) is 11.4 Å². The number of hydrogen-bond donors (Lipinski definition) is 1. The van der Waals surface area contributed by atoms with Crippen LogP contribution in [0.25, 0.3) is 0 Å². The molecule has 2 N–H and O–H groups in total. The van der Waals surface area contributed by atoms with Gasteiger partial charge in [-0.3, -0.25) is 0 Å². The molecule has 2 aromatic rings. The number of nitrogen functional groups attached to an aromatic ring is 1. The van der Waals surface area contributed by atoms with Gasteiger partial charge in [0, 0.05) is 13.1 Å². The van der Waals surface area contributed by atoms with Crippen molar-refractivity contribution in [3.63, 3.8) is 0 Å². The van der Waals surface area contributed by atoms with Crippen molar-refractivity contribution in [2.75, 3.05) is 24.3 Å². The standard InChI is InChI=1S/C17H20N2O2/c1-3-19(12-13-7-5-4-6-8-13)16-11-14(17(20)21-2)9-10-15(16)18/h4-11H,3,12,18H2,1-2H3. The molecule has 21 heavy (non-hydrogen) atoms. The highest BCUT2D eigenvalue weighted by molar-refractivity contribution is 5.92. The molecular formula is C17H20N2O2. The summed E-state index contributed by atoms with van der Waals surface area (Å²) in [6.07, 6.45) is 0. The molecule has 0 spiro atoms. The predicted molar refractivity (Wildman–Crippen MR) is 85.4 cm³/mol. The summed E-state index contributed by atoms with van der Waals surface area (Å²) in [6, 6.07) is 15.4. The van der Waals surface area contributed by atoms with E-state index in [1.807, 2.05) is 18.2 Å². The van der Waals surface area contributed by atoms with Crippen LogP contribution in [-0.2, 0) is 11.3 Å². The first-order chi connectivity index (χ1) is 10.2. The smallest absolute Gasteiger partial charge is 0.337 e. The summed E-state index contributed by atoms with van der Waals surface area (Å²) >= 11 is 0. The van der Waals surface area contributed by atoms with Crippen molar-refractivity contribution in [1.29, 1.82) is 0 Å². The monoisotopic (exact) mass is 284 g/mol. The van der Waals surface area contributed by atoms with Gasteiger partial charge in [-0.05, 0) is 30.7 Å². The highest BCUT2D eigenvalue weighted by Crippen LogP contribution is 2.26. The molecule has 0 saturated heterocycles. The first-order valence-electron chi connectivity index (χ1n) is 6.92. The molecule has 0 saturated carbocycles. The number of hydrogen-bond acceptors (Lipinski definition) is 4. The van der Waals surface area contributed by atoms with Gasteiger partial charge in [-0.2, -0.15) is 0 Å². The van der Waals surface area contributed by atoms with Gasteiger partial charge >= 0.3 is 5.97 Å². The van der Waals surface area contributed by atoms with Gasteiger partial charge in [0.25, 0.3) is 0 Å². The van der Waals surface area contributed by atoms with Gasteiger partial charge in [0.2, 0.25) is 0 Å². The van der Waals surface area contributed by atoms with Gasteiger partial charge < -0.3 is 15.4 Å². The molecule has 4 heteroatoms. The number of nitrogens with zero attached hydrogens (tertiary/aromatic N) is 1. The topological polar surface area (TPSA) is 55.6 Å². The van der Waals surface area contributed by atoms with Crippen LogP contribution in [0.2, 0.25) is 0 Å². The maximum Gasteiger partial charge on any atom is 0.337 e. The van der Waals surface area contributed by atoms with E-state index in [1.54, 1.807) is 18.2 Å². The zero-order chi connectivity index (χ0) is 15.2. The van der Waals surface area contributed by atoms with E-state index in [-0.39, 0.29) is 5.97 Å². The largest absolute Gasteiger partial charge is 0.465 e. The van der Waals surface area contributed by atoms with Crippen LogP contribution in [0, 0.1) is 0 Å². The minimum absolute atomic E-state index is 0.355. The fraction of sp³-hybridized carbons (Fsp3) is 0.235. The third-order valence-electron chi connectivity index (χ3n) is 3.39. The Kier molecular flexibility index (Phi) is 4.82. The van der Waals surface area contributed by atoms with Crippen LogP contribution in [0.15, 0.2) is 48.5 Å². The van der Waals surface area contributed by atoms with Crippen LogP contribution < -0.4 is 10.6 Å². The van der Waals surface area contributed by atoms with Crippen molar-refractivity contribution in [2.45, 2.75) is 13.5 Å². The van der Waals surface area contributed by atoms with E-state index in [9.17, 15) is 4.79 Å². The Morgan fingerprint density at radius 2 is 1.90 bits per heavy atom. The summed E-state index contributed by atoms with van der Waals surface area (Å²) in [6.45, 7) is 3.60. The van der Waals surface area contributed by atoms with Gasteiger partial charge in [0.1, 0.15) is 0 Å². The minimum atomic E-state index is -0.355. The highest BCUT2D eigenvalue weighted by atomic mass is 16.5. The van der Waals surface area contributed by atoms with E-state index in [2.05, 4.69) is 24.0 Å². The molecular weight excluding hydrogens is 264 g/mol. The maximum atomic E-state index is 11.7. The van der Waals surface area contributed by atoms with Crippen LogP contribution in [0.5, 0.6) is 0 Å². The molecule has 110 valence electrons. The number of esters is 1. The summed E-state index contributed by atoms with van der Waals surface area (Å²) in [5, 5.41) is 0. The third-order valence-corrected chi connectivity index (χ3v) is 3.39. The maximum absolute atomic E-state index is 11.7. The Hall–Kier alpha value is -2.49. The fourth-order valence-corrected chi connectivity index (χ4v) is 2.23. The minimum Gasteiger partial charge on any atom is -0.465 e. The molecule has 2 aromatic carbocycles. The van der Waals surface area contributed by atoms with E-state index >= 15 is 0 Å². The molecule has 0 aliphatic carbocycles. The predicted octanol–water partition coefficient (Wildman–Crippen LogP) is 3.08. The lowest BCUT2D eigenvalue weighted by Crippen LogP contribution is -2.23. The molecule has 0 aliphatic heterocycles. The number of benzene rings is 2. The number of rotatable bonds is 5. The lowest BCUT2D eigenvalue weighted by Gasteiger charge is -2.25. The Bertz CT molecular complexity index is 611. The van der Waals surface area contributed by atoms with Crippen molar-refractivity contribution in [2.24, 2.45) is 0 Å². The quantitative estimate of drug-likeness (QED) is 0.677. The Morgan fingerprint density at radius 1 is 1.19 bits per heavy atom. The summed E-state index contributed by atoms with van der Waals surface area (Å²) in [7, 11) is 1.37. The zero-order valence-corrected chi connectivity index (χ0v) is 12.4. The zero-order valence-electron chi connectivity index (χ0n) is 12.4. The average molecular weight is 284 g/mol. The van der Waals surface area contributed by atoms with Gasteiger partial charge in [0.15, 0.2) is 0 Å². The van der Waals surface area contributed by atoms with Crippen molar-refractivity contribution >= 4 is 17.3 Å². The first kappa shape index (κ1) is 14.9. The third kappa shape index (κ3) is 3.54. The average Bonchev–Trinajstić information content (AvgIpc) is 2.53. The normalized spacial score (nSPS) is 10.2. The van der Waals surface area contributed by atoms with Gasteiger partial charge in [0.05, 0.1) is 24.0 Å². The van der Waals surface area contributed by atoms with Crippen LogP contribution in [-0.4, -0.2) is 19.6 Å². The van der Waals surface area contributed by atoms with Gasteiger partial charge in [-0.1, -0.05) is 30.3 Å². The summed E-state index contributed by atoms with van der Waals surface area (Å²) in [4.78, 5) is 13.8. The van der Waals surface area contributed by atoms with E-state index in [0.29, 0.717) is 11.3 Å². The lowest BCUT2D eigenvalue weighted by atomic mass is 10.1. The van der Waals surface area contributed by atoms with Crippen molar-refractivity contribution in [1.82, 2.24) is 0 Å². The molecule has 0 radical (unpaired) electrons. The van der Waals surface area contributed by atoms with Crippen molar-refractivity contribution < 1.29 is 9.53 Å². The SMILES string of the molecule is CCN(Cc1ccccc1)c1cc(C(=O)OC)ccc1N. The highest BCUT2D eigenvalue weighted by Gasteiger charge is 2.13. The Labute approximate surface area is 125 Å². The number of ether oxygens (including phenoxy) is 1. The number of methoxy groups -OCH3 is 1. The molecule has 0 heterocycles. The molecule has 0 aliphatic rings. The molecule has 4 nitrogen and oxygen atoms in total. The molecule has 0 atom stereocenters. The van der Waals surface area contributed by atoms with Crippen molar-refractivity contribution in [3.05, 3.63) is 59.7 Å². The molecule has 2 rings (SSSR count). The molecule has 0 amide bonds. The second-order valence-electron chi connectivity index (χ2n) is 4.76. The summed E-state index contributed by atoms with van der Waals surface area (Å²) in [5.41, 5.74) is 9.28. The van der Waals surface area contributed by atoms with Crippen LogP contribution >= 0.6 is 0 Å². The second-order valence-corrected chi connectivity index (χ2v) is 4.76. The van der Waals surface area contributed by atoms with Gasteiger partial charge in [-0.15, -0.1) is 0 Å². The van der Waals surface area contributed by atoms with E-state index in [1.165, 1.54) is 12.7 Å². The second kappa shape index (κ2) is 6.79. The molecule has 0 unspecified atom stereocenters. The van der Waals surface area contributed by atoms with Crippen LogP contribution in [0.1, 0.15) is 22.8 Å². The molecule has 0 fully saturated rings. The molecule has 0 aromatic heterocycles. The van der Waals surface area contributed by atoms with Gasteiger partial charge in [-0.25, -0.2) is 4.79 Å². The van der Waals surface area contributed by atoms with E-state index < -0.39 is 0 Å². The fourth-order valence-electron chi connectivity index (χ4n) is 2.23. The van der Waals surface area contributed by atoms with Crippen molar-refractivity contribution in [3.8, 4) is 0 Å². The molecule has 0 bridgehead atoms.